The fourth-order valence-electron chi connectivity index (χ4n) is 3.93. The highest BCUT2D eigenvalue weighted by molar-refractivity contribution is 5.86. The summed E-state index contributed by atoms with van der Waals surface area (Å²) in [5, 5.41) is 19.6. The average molecular weight is 298 g/mol. The van der Waals surface area contributed by atoms with Crippen molar-refractivity contribution < 1.29 is 19.8 Å². The Morgan fingerprint density at radius 3 is 2.19 bits per heavy atom. The van der Waals surface area contributed by atoms with E-state index in [0.29, 0.717) is 25.2 Å². The van der Waals surface area contributed by atoms with Crippen LogP contribution in [0, 0.1) is 16.7 Å². The van der Waals surface area contributed by atoms with Crippen LogP contribution in [0.15, 0.2) is 0 Å². The molecule has 0 saturated heterocycles. The highest BCUT2D eigenvalue weighted by Gasteiger charge is 2.59. The van der Waals surface area contributed by atoms with Gasteiger partial charge in [-0.2, -0.15) is 0 Å². The molecule has 1 saturated carbocycles. The first-order valence-corrected chi connectivity index (χ1v) is 8.31. The molecule has 0 aromatic rings. The number of hydrogen-bond acceptors (Lipinski definition) is 2. The normalized spacial score (nSPS) is 30.8. The van der Waals surface area contributed by atoms with Crippen molar-refractivity contribution in [2.75, 3.05) is 0 Å². The number of carboxylic acid groups (broad SMARTS) is 2. The Kier molecular flexibility index (Phi) is 6.24. The Morgan fingerprint density at radius 1 is 1.10 bits per heavy atom. The number of unbranched alkanes of at least 4 members (excludes halogenated alkanes) is 1. The lowest BCUT2D eigenvalue weighted by Crippen LogP contribution is -2.53. The minimum atomic E-state index is -1.14. The lowest BCUT2D eigenvalue weighted by Gasteiger charge is -2.47. The van der Waals surface area contributed by atoms with Crippen molar-refractivity contribution in [1.29, 1.82) is 0 Å². The third-order valence-corrected chi connectivity index (χ3v) is 5.65. The van der Waals surface area contributed by atoms with E-state index in [0.717, 1.165) is 38.5 Å². The van der Waals surface area contributed by atoms with E-state index in [1.807, 2.05) is 0 Å². The second-order valence-corrected chi connectivity index (χ2v) is 6.85. The van der Waals surface area contributed by atoms with Gasteiger partial charge in [0.2, 0.25) is 0 Å². The molecule has 0 spiro atoms. The molecule has 1 aliphatic rings. The number of hydrogen-bond donors (Lipinski definition) is 2. The fourth-order valence-corrected chi connectivity index (χ4v) is 3.93. The molecule has 0 aromatic heterocycles. The van der Waals surface area contributed by atoms with Gasteiger partial charge in [0, 0.05) is 0 Å². The van der Waals surface area contributed by atoms with Crippen LogP contribution in [0.2, 0.25) is 0 Å². The quantitative estimate of drug-likeness (QED) is 0.699. The molecule has 4 nitrogen and oxygen atoms in total. The first kappa shape index (κ1) is 18.0. The summed E-state index contributed by atoms with van der Waals surface area (Å²) in [7, 11) is 0. The molecule has 0 amide bonds. The summed E-state index contributed by atoms with van der Waals surface area (Å²) in [4.78, 5) is 23.9. The predicted octanol–water partition coefficient (Wildman–Crippen LogP) is 4.33. The standard InChI is InChI=1S/C17H30O4/c1-4-6-9-13(5-2)12-17(15(20)21)11-8-7-10-16(17,3)14(18)19/h13H,4-12H2,1-3H3,(H,18,19)(H,20,21). The zero-order chi connectivity index (χ0) is 16.1. The van der Waals surface area contributed by atoms with Crippen LogP contribution in [0.25, 0.3) is 0 Å². The van der Waals surface area contributed by atoms with Crippen molar-refractivity contribution in [3.05, 3.63) is 0 Å². The molecule has 3 unspecified atom stereocenters. The molecule has 21 heavy (non-hydrogen) atoms. The van der Waals surface area contributed by atoms with Gasteiger partial charge in [-0.15, -0.1) is 0 Å². The van der Waals surface area contributed by atoms with Gasteiger partial charge in [0.1, 0.15) is 0 Å². The molecule has 122 valence electrons. The van der Waals surface area contributed by atoms with Crippen LogP contribution in [-0.4, -0.2) is 22.2 Å². The summed E-state index contributed by atoms with van der Waals surface area (Å²) >= 11 is 0. The molecule has 4 heteroatoms. The minimum Gasteiger partial charge on any atom is -0.481 e. The Labute approximate surface area is 127 Å². The van der Waals surface area contributed by atoms with Crippen molar-refractivity contribution >= 4 is 11.9 Å². The van der Waals surface area contributed by atoms with Crippen LogP contribution in [0.5, 0.6) is 0 Å². The van der Waals surface area contributed by atoms with E-state index in [9.17, 15) is 19.8 Å². The summed E-state index contributed by atoms with van der Waals surface area (Å²) in [5.41, 5.74) is -2.25. The molecular weight excluding hydrogens is 268 g/mol. The third kappa shape index (κ3) is 3.41. The smallest absolute Gasteiger partial charge is 0.310 e. The molecule has 0 radical (unpaired) electrons. The Bertz CT molecular complexity index is 379. The van der Waals surface area contributed by atoms with E-state index in [1.54, 1.807) is 6.92 Å². The van der Waals surface area contributed by atoms with E-state index in [-0.39, 0.29) is 0 Å². The van der Waals surface area contributed by atoms with Gasteiger partial charge in [-0.05, 0) is 32.1 Å². The van der Waals surface area contributed by atoms with Gasteiger partial charge in [-0.3, -0.25) is 9.59 Å². The molecule has 0 aromatic carbocycles. The van der Waals surface area contributed by atoms with Crippen LogP contribution in [0.3, 0.4) is 0 Å². The van der Waals surface area contributed by atoms with Crippen molar-refractivity contribution in [1.82, 2.24) is 0 Å². The molecular formula is C17H30O4. The van der Waals surface area contributed by atoms with Crippen LogP contribution in [0.1, 0.15) is 78.6 Å². The first-order valence-electron chi connectivity index (χ1n) is 8.31. The molecule has 2 N–H and O–H groups in total. The van der Waals surface area contributed by atoms with Crippen LogP contribution in [0.4, 0.5) is 0 Å². The van der Waals surface area contributed by atoms with Crippen molar-refractivity contribution in [3.63, 3.8) is 0 Å². The van der Waals surface area contributed by atoms with Crippen LogP contribution in [-0.2, 0) is 9.59 Å². The molecule has 3 atom stereocenters. The van der Waals surface area contributed by atoms with Gasteiger partial charge in [0.05, 0.1) is 10.8 Å². The van der Waals surface area contributed by atoms with E-state index in [1.165, 1.54) is 0 Å². The summed E-state index contributed by atoms with van der Waals surface area (Å²) in [6, 6.07) is 0. The predicted molar refractivity (Wildman–Crippen MR) is 82.2 cm³/mol. The van der Waals surface area contributed by atoms with E-state index >= 15 is 0 Å². The molecule has 0 bridgehead atoms. The lowest BCUT2D eigenvalue weighted by molar-refractivity contribution is -0.180. The first-order chi connectivity index (χ1) is 9.84. The van der Waals surface area contributed by atoms with Crippen molar-refractivity contribution in [3.8, 4) is 0 Å². The summed E-state index contributed by atoms with van der Waals surface area (Å²) in [6.07, 6.45) is 7.18. The van der Waals surface area contributed by atoms with E-state index < -0.39 is 22.8 Å². The Balaban J connectivity index is 3.10. The summed E-state index contributed by atoms with van der Waals surface area (Å²) < 4.78 is 0. The fraction of sp³-hybridized carbons (Fsp3) is 0.882. The van der Waals surface area contributed by atoms with Crippen LogP contribution >= 0.6 is 0 Å². The molecule has 1 rings (SSSR count). The maximum Gasteiger partial charge on any atom is 0.310 e. The average Bonchev–Trinajstić information content (AvgIpc) is 2.45. The van der Waals surface area contributed by atoms with Gasteiger partial charge in [-0.1, -0.05) is 52.4 Å². The highest BCUT2D eigenvalue weighted by Crippen LogP contribution is 2.55. The second-order valence-electron chi connectivity index (χ2n) is 6.85. The Morgan fingerprint density at radius 2 is 1.71 bits per heavy atom. The van der Waals surface area contributed by atoms with E-state index in [2.05, 4.69) is 13.8 Å². The van der Waals surface area contributed by atoms with Crippen molar-refractivity contribution in [2.45, 2.75) is 78.6 Å². The largest absolute Gasteiger partial charge is 0.481 e. The Hall–Kier alpha value is -1.06. The molecule has 1 fully saturated rings. The maximum atomic E-state index is 12.1. The van der Waals surface area contributed by atoms with Gasteiger partial charge >= 0.3 is 11.9 Å². The zero-order valence-electron chi connectivity index (χ0n) is 13.7. The number of carbonyl (C=O) groups is 2. The van der Waals surface area contributed by atoms with Gasteiger partial charge in [0.15, 0.2) is 0 Å². The monoisotopic (exact) mass is 298 g/mol. The maximum absolute atomic E-state index is 12.1. The molecule has 0 heterocycles. The lowest BCUT2D eigenvalue weighted by atomic mass is 9.53. The summed E-state index contributed by atoms with van der Waals surface area (Å²) in [6.45, 7) is 5.85. The van der Waals surface area contributed by atoms with Crippen molar-refractivity contribution in [2.24, 2.45) is 16.7 Å². The second kappa shape index (κ2) is 7.28. The third-order valence-electron chi connectivity index (χ3n) is 5.65. The van der Waals surface area contributed by atoms with Gasteiger partial charge in [0.25, 0.3) is 0 Å². The zero-order valence-corrected chi connectivity index (χ0v) is 13.7. The van der Waals surface area contributed by atoms with Crippen LogP contribution < -0.4 is 0 Å². The highest BCUT2D eigenvalue weighted by atomic mass is 16.4. The topological polar surface area (TPSA) is 74.6 Å². The number of aliphatic carboxylic acids is 2. The number of carboxylic acids is 2. The van der Waals surface area contributed by atoms with Gasteiger partial charge in [-0.25, -0.2) is 0 Å². The summed E-state index contributed by atoms with van der Waals surface area (Å²) in [5.74, 6) is -1.56. The van der Waals surface area contributed by atoms with E-state index in [4.69, 9.17) is 0 Å². The van der Waals surface area contributed by atoms with Gasteiger partial charge < -0.3 is 10.2 Å². The number of rotatable bonds is 8. The minimum absolute atomic E-state index is 0.304. The SMILES string of the molecule is CCCCC(CC)CC1(C(=O)O)CCCCC1(C)C(=O)O. The molecule has 0 aliphatic heterocycles. The molecule has 1 aliphatic carbocycles.